The van der Waals surface area contributed by atoms with E-state index >= 15 is 0 Å². The van der Waals surface area contributed by atoms with Gasteiger partial charge in [-0.2, -0.15) is 0 Å². The molecule has 0 aliphatic carbocycles. The number of hydrogen-bond acceptors (Lipinski definition) is 5. The van der Waals surface area contributed by atoms with E-state index in [0.29, 0.717) is 23.6 Å². The number of halogens is 1. The monoisotopic (exact) mass is 343 g/mol. The molecular weight excluding hydrogens is 326 g/mol. The summed E-state index contributed by atoms with van der Waals surface area (Å²) >= 11 is 1.43. The first-order valence-corrected chi connectivity index (χ1v) is 7.88. The van der Waals surface area contributed by atoms with Crippen LogP contribution in [0, 0.1) is 6.92 Å². The van der Waals surface area contributed by atoms with E-state index in [1.807, 2.05) is 17.2 Å². The maximum Gasteiger partial charge on any atom is 0.320 e. The number of rotatable bonds is 3. The third-order valence-electron chi connectivity index (χ3n) is 3.89. The van der Waals surface area contributed by atoms with Gasteiger partial charge in [-0.25, -0.2) is 4.98 Å². The largest absolute Gasteiger partial charge is 0.480 e. The second-order valence-corrected chi connectivity index (χ2v) is 6.24. The highest BCUT2D eigenvalue weighted by atomic mass is 35.5. The molecule has 0 bridgehead atoms. The van der Waals surface area contributed by atoms with E-state index in [1.165, 1.54) is 17.4 Å². The summed E-state index contributed by atoms with van der Waals surface area (Å²) in [4.78, 5) is 30.5. The lowest BCUT2D eigenvalue weighted by Gasteiger charge is -2.32. The SMILES string of the molecule is Cc1csc2nc(CN3CCCCC3C(=O)O)cc(=O)n12.Cl. The van der Waals surface area contributed by atoms with E-state index in [4.69, 9.17) is 0 Å². The summed E-state index contributed by atoms with van der Waals surface area (Å²) in [6.07, 6.45) is 2.59. The number of piperidine rings is 1. The number of thiazole rings is 1. The number of fused-ring (bicyclic) bond motifs is 1. The third-order valence-corrected chi connectivity index (χ3v) is 4.84. The van der Waals surface area contributed by atoms with E-state index in [2.05, 4.69) is 4.98 Å². The minimum absolute atomic E-state index is 0. The average Bonchev–Trinajstić information content (AvgIpc) is 2.81. The van der Waals surface area contributed by atoms with E-state index < -0.39 is 12.0 Å². The van der Waals surface area contributed by atoms with Crippen molar-refractivity contribution in [2.75, 3.05) is 6.54 Å². The number of nitrogens with zero attached hydrogens (tertiary/aromatic N) is 3. The van der Waals surface area contributed by atoms with Crippen LogP contribution < -0.4 is 5.56 Å². The molecule has 0 amide bonds. The Bertz CT molecular complexity index is 742. The normalized spacial score (nSPS) is 19.0. The minimum atomic E-state index is -0.792. The van der Waals surface area contributed by atoms with Gasteiger partial charge in [0.25, 0.3) is 5.56 Å². The Labute approximate surface area is 137 Å². The molecule has 8 heteroatoms. The van der Waals surface area contributed by atoms with E-state index in [-0.39, 0.29) is 18.0 Å². The molecule has 0 spiro atoms. The number of carboxylic acids is 1. The molecule has 1 atom stereocenters. The summed E-state index contributed by atoms with van der Waals surface area (Å²) in [5.41, 5.74) is 1.42. The van der Waals surface area contributed by atoms with Gasteiger partial charge in [-0.1, -0.05) is 6.42 Å². The number of carboxylic acid groups (broad SMARTS) is 1. The summed E-state index contributed by atoms with van der Waals surface area (Å²) in [5, 5.41) is 11.2. The molecule has 0 radical (unpaired) electrons. The first-order chi connectivity index (χ1) is 10.1. The van der Waals surface area contributed by atoms with Crippen molar-refractivity contribution >= 4 is 34.7 Å². The van der Waals surface area contributed by atoms with Crippen LogP contribution in [0.15, 0.2) is 16.2 Å². The van der Waals surface area contributed by atoms with Crippen molar-refractivity contribution in [3.63, 3.8) is 0 Å². The number of aliphatic carboxylic acids is 1. The summed E-state index contributed by atoms with van der Waals surface area (Å²) in [6.45, 7) is 3.03. The second-order valence-electron chi connectivity index (χ2n) is 5.40. The lowest BCUT2D eigenvalue weighted by molar-refractivity contribution is -0.144. The maximum atomic E-state index is 12.1. The Hall–Kier alpha value is -1.44. The van der Waals surface area contributed by atoms with Gasteiger partial charge in [-0.05, 0) is 26.3 Å². The van der Waals surface area contributed by atoms with Gasteiger partial charge < -0.3 is 5.11 Å². The lowest BCUT2D eigenvalue weighted by atomic mass is 10.0. The van der Waals surface area contributed by atoms with Crippen LogP contribution in [0.5, 0.6) is 0 Å². The van der Waals surface area contributed by atoms with Crippen LogP contribution in [0.3, 0.4) is 0 Å². The summed E-state index contributed by atoms with van der Waals surface area (Å²) in [7, 11) is 0. The zero-order valence-electron chi connectivity index (χ0n) is 12.2. The summed E-state index contributed by atoms with van der Waals surface area (Å²) < 4.78 is 1.58. The van der Waals surface area contributed by atoms with Crippen LogP contribution in [-0.4, -0.2) is 37.9 Å². The number of aromatic nitrogens is 2. The minimum Gasteiger partial charge on any atom is -0.480 e. The zero-order valence-corrected chi connectivity index (χ0v) is 13.8. The smallest absolute Gasteiger partial charge is 0.320 e. The molecule has 22 heavy (non-hydrogen) atoms. The topological polar surface area (TPSA) is 74.9 Å². The van der Waals surface area contributed by atoms with Crippen molar-refractivity contribution in [2.45, 2.75) is 38.8 Å². The van der Waals surface area contributed by atoms with Crippen molar-refractivity contribution in [1.29, 1.82) is 0 Å². The van der Waals surface area contributed by atoms with Crippen LogP contribution in [-0.2, 0) is 11.3 Å². The van der Waals surface area contributed by atoms with Gasteiger partial charge in [-0.15, -0.1) is 23.7 Å². The van der Waals surface area contributed by atoms with Gasteiger partial charge in [0, 0.05) is 23.7 Å². The first-order valence-electron chi connectivity index (χ1n) is 7.00. The molecule has 0 saturated carbocycles. The highest BCUT2D eigenvalue weighted by molar-refractivity contribution is 7.15. The van der Waals surface area contributed by atoms with E-state index in [9.17, 15) is 14.7 Å². The van der Waals surface area contributed by atoms with Gasteiger partial charge >= 0.3 is 5.97 Å². The van der Waals surface area contributed by atoms with Gasteiger partial charge in [-0.3, -0.25) is 18.9 Å². The molecule has 120 valence electrons. The van der Waals surface area contributed by atoms with Crippen LogP contribution in [0.1, 0.15) is 30.7 Å². The molecule has 3 rings (SSSR count). The quantitative estimate of drug-likeness (QED) is 0.921. The molecule has 1 aliphatic rings. The zero-order chi connectivity index (χ0) is 15.0. The van der Waals surface area contributed by atoms with Crippen LogP contribution in [0.2, 0.25) is 0 Å². The van der Waals surface area contributed by atoms with Crippen molar-refractivity contribution in [2.24, 2.45) is 0 Å². The highest BCUT2D eigenvalue weighted by Crippen LogP contribution is 2.20. The van der Waals surface area contributed by atoms with E-state index in [0.717, 1.165) is 25.1 Å². The Kier molecular flexibility index (Phi) is 5.20. The molecule has 1 saturated heterocycles. The molecule has 1 N–H and O–H groups in total. The standard InChI is InChI=1S/C14H17N3O3S.ClH/c1-9-8-21-14-15-10(6-12(18)17(9)14)7-16-5-3-2-4-11(16)13(19)20;/h6,8,11H,2-5,7H2,1H3,(H,19,20);1H. The summed E-state index contributed by atoms with van der Waals surface area (Å²) in [5.74, 6) is -0.792. The van der Waals surface area contributed by atoms with Gasteiger partial charge in [0.1, 0.15) is 6.04 Å². The fraction of sp³-hybridized carbons (Fsp3) is 0.500. The van der Waals surface area contributed by atoms with Crippen molar-refractivity contribution in [3.05, 3.63) is 33.2 Å². The highest BCUT2D eigenvalue weighted by Gasteiger charge is 2.28. The first kappa shape index (κ1) is 16.9. The fourth-order valence-corrected chi connectivity index (χ4v) is 3.74. The number of aryl methyl sites for hydroxylation is 1. The molecule has 3 heterocycles. The van der Waals surface area contributed by atoms with Crippen molar-refractivity contribution < 1.29 is 9.90 Å². The fourth-order valence-electron chi connectivity index (χ4n) is 2.85. The number of carbonyl (C=O) groups is 1. The van der Waals surface area contributed by atoms with Gasteiger partial charge in [0.15, 0.2) is 4.96 Å². The maximum absolute atomic E-state index is 12.1. The van der Waals surface area contributed by atoms with Gasteiger partial charge in [0.05, 0.1) is 5.69 Å². The van der Waals surface area contributed by atoms with Crippen LogP contribution in [0.25, 0.3) is 4.96 Å². The Morgan fingerprint density at radius 1 is 1.50 bits per heavy atom. The molecule has 2 aromatic rings. The lowest BCUT2D eigenvalue weighted by Crippen LogP contribution is -2.44. The molecule has 1 unspecified atom stereocenters. The Morgan fingerprint density at radius 2 is 2.27 bits per heavy atom. The molecule has 1 aliphatic heterocycles. The van der Waals surface area contributed by atoms with Gasteiger partial charge in [0.2, 0.25) is 0 Å². The molecule has 0 aromatic carbocycles. The summed E-state index contributed by atoms with van der Waals surface area (Å²) in [6, 6.07) is 1.05. The second kappa shape index (κ2) is 6.76. The number of hydrogen-bond donors (Lipinski definition) is 1. The predicted octanol–water partition coefficient (Wildman–Crippen LogP) is 1.93. The molecule has 1 fully saturated rings. The number of likely N-dealkylation sites (tertiary alicyclic amines) is 1. The Balaban J connectivity index is 0.00000176. The molecule has 6 nitrogen and oxygen atoms in total. The van der Waals surface area contributed by atoms with Crippen molar-refractivity contribution in [1.82, 2.24) is 14.3 Å². The third kappa shape index (κ3) is 3.16. The van der Waals surface area contributed by atoms with E-state index in [1.54, 1.807) is 4.40 Å². The van der Waals surface area contributed by atoms with Crippen molar-refractivity contribution in [3.8, 4) is 0 Å². The van der Waals surface area contributed by atoms with Crippen LogP contribution in [0.4, 0.5) is 0 Å². The predicted molar refractivity (Wildman–Crippen MR) is 87.0 cm³/mol. The van der Waals surface area contributed by atoms with Crippen LogP contribution >= 0.6 is 23.7 Å². The Morgan fingerprint density at radius 3 is 3.00 bits per heavy atom. The average molecular weight is 344 g/mol. The molecule has 2 aromatic heterocycles. The molecular formula is C14H18ClN3O3S.